The molecular formula is C13H10ClFN2O3. The third-order valence-corrected chi connectivity index (χ3v) is 3.87. The number of fused-ring (bicyclic) bond motifs is 1. The van der Waals surface area contributed by atoms with Crippen molar-refractivity contribution in [1.82, 2.24) is 10.2 Å². The van der Waals surface area contributed by atoms with Crippen molar-refractivity contribution in [2.75, 3.05) is 0 Å². The molecule has 1 aromatic carbocycles. The van der Waals surface area contributed by atoms with E-state index < -0.39 is 23.7 Å². The molecule has 5 nitrogen and oxygen atoms in total. The SMILES string of the molecule is O=C1CCC(N2Cc3ccc(Cl)c(F)c3C2=O)C(=O)N1. The van der Waals surface area contributed by atoms with Gasteiger partial charge in [0.1, 0.15) is 6.04 Å². The molecule has 1 atom stereocenters. The van der Waals surface area contributed by atoms with Gasteiger partial charge in [0, 0.05) is 13.0 Å². The van der Waals surface area contributed by atoms with Crippen LogP contribution in [0.5, 0.6) is 0 Å². The maximum atomic E-state index is 13.9. The Morgan fingerprint density at radius 1 is 1.30 bits per heavy atom. The zero-order chi connectivity index (χ0) is 14.4. The fourth-order valence-electron chi connectivity index (χ4n) is 2.58. The highest BCUT2D eigenvalue weighted by Gasteiger charge is 2.40. The number of hydrogen-bond acceptors (Lipinski definition) is 3. The van der Waals surface area contributed by atoms with E-state index in [4.69, 9.17) is 11.6 Å². The van der Waals surface area contributed by atoms with E-state index in [0.717, 1.165) is 0 Å². The first kappa shape index (κ1) is 13.1. The van der Waals surface area contributed by atoms with Gasteiger partial charge in [-0.2, -0.15) is 0 Å². The summed E-state index contributed by atoms with van der Waals surface area (Å²) in [4.78, 5) is 36.5. The van der Waals surface area contributed by atoms with E-state index in [2.05, 4.69) is 5.32 Å². The molecule has 1 saturated heterocycles. The number of amides is 3. The van der Waals surface area contributed by atoms with Crippen LogP contribution in [0.2, 0.25) is 5.02 Å². The molecule has 0 saturated carbocycles. The van der Waals surface area contributed by atoms with Crippen molar-refractivity contribution in [2.24, 2.45) is 0 Å². The summed E-state index contributed by atoms with van der Waals surface area (Å²) in [6.45, 7) is 0.147. The van der Waals surface area contributed by atoms with Crippen LogP contribution in [0.25, 0.3) is 0 Å². The van der Waals surface area contributed by atoms with Crippen LogP contribution in [0.3, 0.4) is 0 Å². The number of piperidine rings is 1. The number of hydrogen-bond donors (Lipinski definition) is 1. The number of nitrogens with one attached hydrogen (secondary N) is 1. The minimum absolute atomic E-state index is 0.0813. The van der Waals surface area contributed by atoms with Crippen LogP contribution in [0.4, 0.5) is 4.39 Å². The maximum absolute atomic E-state index is 13.9. The Bertz CT molecular complexity index is 647. The van der Waals surface area contributed by atoms with Gasteiger partial charge in [-0.25, -0.2) is 4.39 Å². The molecule has 1 fully saturated rings. The molecule has 1 unspecified atom stereocenters. The van der Waals surface area contributed by atoms with E-state index in [9.17, 15) is 18.8 Å². The first-order valence-electron chi connectivity index (χ1n) is 6.10. The lowest BCUT2D eigenvalue weighted by atomic mass is 10.0. The van der Waals surface area contributed by atoms with Gasteiger partial charge in [-0.3, -0.25) is 19.7 Å². The normalized spacial score (nSPS) is 22.0. The highest BCUT2D eigenvalue weighted by Crippen LogP contribution is 2.31. The highest BCUT2D eigenvalue weighted by atomic mass is 35.5. The van der Waals surface area contributed by atoms with Crippen LogP contribution in [0, 0.1) is 5.82 Å². The van der Waals surface area contributed by atoms with Gasteiger partial charge in [-0.15, -0.1) is 0 Å². The van der Waals surface area contributed by atoms with Crippen molar-refractivity contribution in [1.29, 1.82) is 0 Å². The molecule has 7 heteroatoms. The van der Waals surface area contributed by atoms with Gasteiger partial charge in [0.15, 0.2) is 5.82 Å². The van der Waals surface area contributed by atoms with Crippen molar-refractivity contribution in [3.8, 4) is 0 Å². The van der Waals surface area contributed by atoms with Gasteiger partial charge in [-0.05, 0) is 18.1 Å². The number of halogens is 2. The molecule has 2 aliphatic heterocycles. The van der Waals surface area contributed by atoms with Crippen molar-refractivity contribution in [3.63, 3.8) is 0 Å². The zero-order valence-electron chi connectivity index (χ0n) is 10.3. The molecule has 1 N–H and O–H groups in total. The third-order valence-electron chi connectivity index (χ3n) is 3.58. The molecule has 3 rings (SSSR count). The van der Waals surface area contributed by atoms with Crippen LogP contribution >= 0.6 is 11.6 Å². The number of imide groups is 1. The van der Waals surface area contributed by atoms with Crippen LogP contribution < -0.4 is 5.32 Å². The van der Waals surface area contributed by atoms with E-state index in [1.54, 1.807) is 6.07 Å². The second-order valence-corrected chi connectivity index (χ2v) is 5.20. The minimum Gasteiger partial charge on any atom is -0.322 e. The molecular weight excluding hydrogens is 287 g/mol. The standard InChI is InChI=1S/C13H10ClFN2O3/c14-7-2-1-6-5-17(13(20)10(6)11(7)15)8-3-4-9(18)16-12(8)19/h1-2,8H,3-5H2,(H,16,18,19). The summed E-state index contributed by atoms with van der Waals surface area (Å²) in [5.41, 5.74) is 0.420. The van der Waals surface area contributed by atoms with Crippen molar-refractivity contribution < 1.29 is 18.8 Å². The van der Waals surface area contributed by atoms with Crippen LogP contribution in [0.1, 0.15) is 28.8 Å². The van der Waals surface area contributed by atoms with Crippen LogP contribution in [0.15, 0.2) is 12.1 Å². The maximum Gasteiger partial charge on any atom is 0.258 e. The molecule has 1 aromatic rings. The number of nitrogens with zero attached hydrogens (tertiary/aromatic N) is 1. The second kappa shape index (κ2) is 4.56. The number of rotatable bonds is 1. The molecule has 2 heterocycles. The average Bonchev–Trinajstić information content (AvgIpc) is 2.72. The first-order valence-corrected chi connectivity index (χ1v) is 6.48. The van der Waals surface area contributed by atoms with E-state index in [-0.39, 0.29) is 35.9 Å². The lowest BCUT2D eigenvalue weighted by molar-refractivity contribution is -0.136. The fourth-order valence-corrected chi connectivity index (χ4v) is 2.74. The summed E-state index contributed by atoms with van der Waals surface area (Å²) in [6, 6.07) is 2.22. The average molecular weight is 297 g/mol. The fraction of sp³-hybridized carbons (Fsp3) is 0.308. The Morgan fingerprint density at radius 3 is 2.75 bits per heavy atom. The molecule has 0 aliphatic carbocycles. The predicted molar refractivity (Wildman–Crippen MR) is 67.5 cm³/mol. The Kier molecular flexibility index (Phi) is 2.97. The molecule has 2 aliphatic rings. The molecule has 0 radical (unpaired) electrons. The summed E-state index contributed by atoms with van der Waals surface area (Å²) in [5.74, 6) is -2.20. The largest absolute Gasteiger partial charge is 0.322 e. The number of benzene rings is 1. The van der Waals surface area contributed by atoms with Crippen molar-refractivity contribution in [2.45, 2.75) is 25.4 Å². The zero-order valence-corrected chi connectivity index (χ0v) is 11.0. The summed E-state index contributed by atoms with van der Waals surface area (Å²) in [5, 5.41) is 2.07. The van der Waals surface area contributed by atoms with Crippen LogP contribution in [-0.4, -0.2) is 28.7 Å². The lowest BCUT2D eigenvalue weighted by Crippen LogP contribution is -2.52. The van der Waals surface area contributed by atoms with Gasteiger partial charge < -0.3 is 4.90 Å². The Balaban J connectivity index is 1.93. The van der Waals surface area contributed by atoms with E-state index >= 15 is 0 Å². The van der Waals surface area contributed by atoms with Crippen molar-refractivity contribution in [3.05, 3.63) is 34.1 Å². The molecule has 0 bridgehead atoms. The summed E-state index contributed by atoms with van der Waals surface area (Å²) < 4.78 is 13.9. The Hall–Kier alpha value is -1.95. The molecule has 20 heavy (non-hydrogen) atoms. The smallest absolute Gasteiger partial charge is 0.258 e. The lowest BCUT2D eigenvalue weighted by Gasteiger charge is -2.29. The van der Waals surface area contributed by atoms with Gasteiger partial charge in [0.25, 0.3) is 5.91 Å². The van der Waals surface area contributed by atoms with E-state index in [1.807, 2.05) is 0 Å². The van der Waals surface area contributed by atoms with Gasteiger partial charge >= 0.3 is 0 Å². The van der Waals surface area contributed by atoms with Gasteiger partial charge in [-0.1, -0.05) is 17.7 Å². The van der Waals surface area contributed by atoms with Gasteiger partial charge in [0.05, 0.1) is 10.6 Å². The molecule has 0 aromatic heterocycles. The highest BCUT2D eigenvalue weighted by molar-refractivity contribution is 6.31. The summed E-state index contributed by atoms with van der Waals surface area (Å²) in [7, 11) is 0. The second-order valence-electron chi connectivity index (χ2n) is 4.80. The number of carbonyl (C=O) groups is 3. The summed E-state index contributed by atoms with van der Waals surface area (Å²) in [6.07, 6.45) is 0.416. The Morgan fingerprint density at radius 2 is 2.05 bits per heavy atom. The molecule has 104 valence electrons. The van der Waals surface area contributed by atoms with E-state index in [1.165, 1.54) is 11.0 Å². The van der Waals surface area contributed by atoms with Gasteiger partial charge in [0.2, 0.25) is 11.8 Å². The molecule has 3 amide bonds. The molecule has 0 spiro atoms. The predicted octanol–water partition coefficient (Wildman–Crippen LogP) is 1.24. The monoisotopic (exact) mass is 296 g/mol. The quantitative estimate of drug-likeness (QED) is 0.793. The van der Waals surface area contributed by atoms with Crippen molar-refractivity contribution >= 4 is 29.3 Å². The summed E-state index contributed by atoms with van der Waals surface area (Å²) >= 11 is 5.67. The Labute approximate surface area is 118 Å². The third kappa shape index (κ3) is 1.87. The minimum atomic E-state index is -0.760. The topological polar surface area (TPSA) is 66.5 Å². The first-order chi connectivity index (χ1) is 9.49. The van der Waals surface area contributed by atoms with E-state index in [0.29, 0.717) is 5.56 Å². The number of carbonyl (C=O) groups excluding carboxylic acids is 3. The van der Waals surface area contributed by atoms with Crippen LogP contribution in [-0.2, 0) is 16.1 Å².